The summed E-state index contributed by atoms with van der Waals surface area (Å²) in [6, 6.07) is 10.2. The Kier molecular flexibility index (Phi) is 5.69. The van der Waals surface area contributed by atoms with Crippen molar-refractivity contribution < 1.29 is 9.13 Å². The van der Waals surface area contributed by atoms with Gasteiger partial charge in [0, 0.05) is 15.5 Å². The van der Waals surface area contributed by atoms with Gasteiger partial charge in [0.25, 0.3) is 0 Å². The molecule has 0 amide bonds. The third-order valence-corrected chi connectivity index (χ3v) is 3.95. The van der Waals surface area contributed by atoms with Gasteiger partial charge in [0.15, 0.2) is 0 Å². The highest BCUT2D eigenvalue weighted by Gasteiger charge is 2.07. The molecule has 0 aromatic heterocycles. The molecule has 2 rings (SSSR count). The van der Waals surface area contributed by atoms with Crippen molar-refractivity contribution in [2.75, 3.05) is 18.5 Å². The normalized spacial score (nSPS) is 10.4. The SMILES string of the molecule is Fc1cc(Cl)c(NCCOc2ccc(Br)cc2)c(Br)c1. The lowest BCUT2D eigenvalue weighted by Crippen LogP contribution is -2.12. The molecular formula is C14H11Br2ClFNO. The largest absolute Gasteiger partial charge is 0.492 e. The Morgan fingerprint density at radius 2 is 1.85 bits per heavy atom. The van der Waals surface area contributed by atoms with Crippen molar-refractivity contribution >= 4 is 49.1 Å². The van der Waals surface area contributed by atoms with Crippen LogP contribution in [-0.2, 0) is 0 Å². The van der Waals surface area contributed by atoms with Crippen LogP contribution in [0.5, 0.6) is 5.75 Å². The molecule has 0 spiro atoms. The third-order valence-electron chi connectivity index (χ3n) is 2.49. The third kappa shape index (κ3) is 4.36. The minimum atomic E-state index is -0.376. The van der Waals surface area contributed by atoms with E-state index in [1.807, 2.05) is 24.3 Å². The second-order valence-corrected chi connectivity index (χ2v) is 6.15. The van der Waals surface area contributed by atoms with E-state index in [0.717, 1.165) is 10.2 Å². The maximum absolute atomic E-state index is 13.1. The lowest BCUT2D eigenvalue weighted by atomic mass is 10.3. The van der Waals surface area contributed by atoms with Crippen LogP contribution in [0.1, 0.15) is 0 Å². The number of anilines is 1. The summed E-state index contributed by atoms with van der Waals surface area (Å²) in [5.41, 5.74) is 0.660. The van der Waals surface area contributed by atoms with Crippen molar-refractivity contribution in [2.24, 2.45) is 0 Å². The molecule has 0 aliphatic rings. The minimum Gasteiger partial charge on any atom is -0.492 e. The standard InChI is InChI=1S/C14H11Br2ClFNO/c15-9-1-3-11(4-2-9)20-6-5-19-14-12(16)7-10(18)8-13(14)17/h1-4,7-8,19H,5-6H2. The Morgan fingerprint density at radius 1 is 1.15 bits per heavy atom. The van der Waals surface area contributed by atoms with Crippen LogP contribution in [-0.4, -0.2) is 13.2 Å². The number of halogens is 4. The van der Waals surface area contributed by atoms with Crippen molar-refractivity contribution in [1.82, 2.24) is 0 Å². The van der Waals surface area contributed by atoms with Crippen LogP contribution in [0.3, 0.4) is 0 Å². The van der Waals surface area contributed by atoms with E-state index in [0.29, 0.717) is 28.3 Å². The first-order chi connectivity index (χ1) is 9.56. The highest BCUT2D eigenvalue weighted by Crippen LogP contribution is 2.31. The van der Waals surface area contributed by atoms with Gasteiger partial charge in [-0.1, -0.05) is 27.5 Å². The fourth-order valence-corrected chi connectivity index (χ4v) is 2.81. The summed E-state index contributed by atoms with van der Waals surface area (Å²) in [6.45, 7) is 1.03. The maximum Gasteiger partial charge on any atom is 0.125 e. The molecule has 2 aromatic carbocycles. The second-order valence-electron chi connectivity index (χ2n) is 3.97. The van der Waals surface area contributed by atoms with E-state index in [9.17, 15) is 4.39 Å². The highest BCUT2D eigenvalue weighted by molar-refractivity contribution is 9.10. The van der Waals surface area contributed by atoms with Gasteiger partial charge in [-0.05, 0) is 52.3 Å². The molecule has 0 heterocycles. The second kappa shape index (κ2) is 7.29. The fourth-order valence-electron chi connectivity index (χ4n) is 1.59. The first kappa shape index (κ1) is 15.6. The smallest absolute Gasteiger partial charge is 0.125 e. The molecule has 106 valence electrons. The van der Waals surface area contributed by atoms with Crippen LogP contribution in [0.2, 0.25) is 5.02 Å². The average Bonchev–Trinajstić information content (AvgIpc) is 2.39. The van der Waals surface area contributed by atoms with E-state index < -0.39 is 0 Å². The molecule has 0 atom stereocenters. The van der Waals surface area contributed by atoms with Crippen LogP contribution in [0.15, 0.2) is 45.3 Å². The Labute approximate surface area is 138 Å². The lowest BCUT2D eigenvalue weighted by Gasteiger charge is -2.11. The maximum atomic E-state index is 13.1. The van der Waals surface area contributed by atoms with E-state index in [2.05, 4.69) is 37.2 Å². The predicted molar refractivity (Wildman–Crippen MR) is 87.2 cm³/mol. The lowest BCUT2D eigenvalue weighted by molar-refractivity contribution is 0.333. The molecule has 6 heteroatoms. The van der Waals surface area contributed by atoms with Gasteiger partial charge in [0.05, 0.1) is 10.7 Å². The number of benzene rings is 2. The van der Waals surface area contributed by atoms with Crippen molar-refractivity contribution in [3.63, 3.8) is 0 Å². The highest BCUT2D eigenvalue weighted by atomic mass is 79.9. The topological polar surface area (TPSA) is 21.3 Å². The summed E-state index contributed by atoms with van der Waals surface area (Å²) in [4.78, 5) is 0. The number of hydrogen-bond donors (Lipinski definition) is 1. The van der Waals surface area contributed by atoms with Crippen LogP contribution < -0.4 is 10.1 Å². The van der Waals surface area contributed by atoms with E-state index in [4.69, 9.17) is 16.3 Å². The molecular weight excluding hydrogens is 412 g/mol. The number of ether oxygens (including phenoxy) is 1. The summed E-state index contributed by atoms with van der Waals surface area (Å²) in [5.74, 6) is 0.415. The minimum absolute atomic E-state index is 0.334. The van der Waals surface area contributed by atoms with Crippen LogP contribution in [0, 0.1) is 5.82 Å². The molecule has 0 bridgehead atoms. The van der Waals surface area contributed by atoms with Gasteiger partial charge in [0.1, 0.15) is 18.2 Å². The van der Waals surface area contributed by atoms with E-state index >= 15 is 0 Å². The average molecular weight is 424 g/mol. The van der Waals surface area contributed by atoms with Crippen molar-refractivity contribution in [1.29, 1.82) is 0 Å². The molecule has 0 radical (unpaired) electrons. The molecule has 0 saturated heterocycles. The Bertz CT molecular complexity index is 569. The molecule has 20 heavy (non-hydrogen) atoms. The molecule has 2 nitrogen and oxygen atoms in total. The van der Waals surface area contributed by atoms with Crippen molar-refractivity contribution in [2.45, 2.75) is 0 Å². The Balaban J connectivity index is 1.86. The zero-order chi connectivity index (χ0) is 14.5. The number of nitrogens with one attached hydrogen (secondary N) is 1. The van der Waals surface area contributed by atoms with Crippen molar-refractivity contribution in [3.05, 3.63) is 56.2 Å². The summed E-state index contributed by atoms with van der Waals surface area (Å²) >= 11 is 12.6. The molecule has 1 N–H and O–H groups in total. The van der Waals surface area contributed by atoms with Gasteiger partial charge in [0.2, 0.25) is 0 Å². The molecule has 0 unspecified atom stereocenters. The fraction of sp³-hybridized carbons (Fsp3) is 0.143. The molecule has 2 aromatic rings. The number of rotatable bonds is 5. The van der Waals surface area contributed by atoms with E-state index in [1.54, 1.807) is 0 Å². The predicted octanol–water partition coefficient (Wildman–Crippen LogP) is 5.50. The first-order valence-electron chi connectivity index (χ1n) is 5.83. The zero-order valence-electron chi connectivity index (χ0n) is 10.3. The number of hydrogen-bond acceptors (Lipinski definition) is 2. The van der Waals surface area contributed by atoms with Gasteiger partial charge < -0.3 is 10.1 Å². The summed E-state index contributed by atoms with van der Waals surface area (Å²) in [6.07, 6.45) is 0. The Hall–Kier alpha value is -0.780. The monoisotopic (exact) mass is 421 g/mol. The van der Waals surface area contributed by atoms with Crippen LogP contribution in [0.25, 0.3) is 0 Å². The summed E-state index contributed by atoms with van der Waals surface area (Å²) < 4.78 is 20.2. The van der Waals surface area contributed by atoms with Crippen LogP contribution >= 0.6 is 43.5 Å². The van der Waals surface area contributed by atoms with Gasteiger partial charge in [-0.25, -0.2) is 4.39 Å². The van der Waals surface area contributed by atoms with Crippen molar-refractivity contribution in [3.8, 4) is 5.75 Å². The molecule has 0 saturated carbocycles. The zero-order valence-corrected chi connectivity index (χ0v) is 14.2. The summed E-state index contributed by atoms with van der Waals surface area (Å²) in [7, 11) is 0. The summed E-state index contributed by atoms with van der Waals surface area (Å²) in [5, 5.41) is 3.44. The Morgan fingerprint density at radius 3 is 2.50 bits per heavy atom. The van der Waals surface area contributed by atoms with Gasteiger partial charge in [-0.15, -0.1) is 0 Å². The quantitative estimate of drug-likeness (QED) is 0.642. The molecule has 0 aliphatic carbocycles. The van der Waals surface area contributed by atoms with Gasteiger partial charge in [-0.3, -0.25) is 0 Å². The van der Waals surface area contributed by atoms with E-state index in [1.165, 1.54) is 12.1 Å². The first-order valence-corrected chi connectivity index (χ1v) is 7.79. The van der Waals surface area contributed by atoms with Gasteiger partial charge >= 0.3 is 0 Å². The van der Waals surface area contributed by atoms with Crippen LogP contribution in [0.4, 0.5) is 10.1 Å². The van der Waals surface area contributed by atoms with E-state index in [-0.39, 0.29) is 5.82 Å². The molecule has 0 aliphatic heterocycles. The van der Waals surface area contributed by atoms with Gasteiger partial charge in [-0.2, -0.15) is 0 Å². The molecule has 0 fully saturated rings.